The molecule has 1 aromatic carbocycles. The average molecular weight is 237 g/mol. The molecular formula is C13H19NO3. The molecule has 1 N–H and O–H groups in total. The van der Waals surface area contributed by atoms with Crippen molar-refractivity contribution in [1.82, 2.24) is 5.32 Å². The minimum Gasteiger partial charge on any atom is -0.465 e. The van der Waals surface area contributed by atoms with E-state index in [2.05, 4.69) is 10.1 Å². The van der Waals surface area contributed by atoms with Gasteiger partial charge in [0, 0.05) is 13.5 Å². The summed E-state index contributed by atoms with van der Waals surface area (Å²) in [6.07, 6.45) is 0. The number of rotatable bonds is 3. The average Bonchev–Trinajstić information content (AvgIpc) is 2.38. The summed E-state index contributed by atoms with van der Waals surface area (Å²) >= 11 is 0. The lowest BCUT2D eigenvalue weighted by Gasteiger charge is -2.03. The molecule has 0 atom stereocenters. The third kappa shape index (κ3) is 5.70. The van der Waals surface area contributed by atoms with Crippen molar-refractivity contribution in [3.05, 3.63) is 35.4 Å². The smallest absolute Gasteiger partial charge is 0.337 e. The summed E-state index contributed by atoms with van der Waals surface area (Å²) in [5.41, 5.74) is 1.45. The van der Waals surface area contributed by atoms with E-state index >= 15 is 0 Å². The largest absolute Gasteiger partial charge is 0.465 e. The van der Waals surface area contributed by atoms with Crippen LogP contribution < -0.4 is 5.32 Å². The minimum atomic E-state index is -0.360. The maximum absolute atomic E-state index is 11.1. The number of nitrogens with one attached hydrogen (secondary N) is 1. The number of benzene rings is 1. The van der Waals surface area contributed by atoms with Crippen LogP contribution in [0.4, 0.5) is 0 Å². The van der Waals surface area contributed by atoms with Crippen LogP contribution in [0.25, 0.3) is 0 Å². The van der Waals surface area contributed by atoms with Gasteiger partial charge in [-0.15, -0.1) is 0 Å². The number of ether oxygens (including phenoxy) is 1. The highest BCUT2D eigenvalue weighted by atomic mass is 16.5. The Bertz CT molecular complexity index is 357. The lowest BCUT2D eigenvalue weighted by molar-refractivity contribution is -0.119. The summed E-state index contributed by atoms with van der Waals surface area (Å²) in [5.74, 6) is -0.437. The molecule has 0 saturated carbocycles. The number of hydrogen-bond donors (Lipinski definition) is 1. The predicted octanol–water partition coefficient (Wildman–Crippen LogP) is 2.14. The van der Waals surface area contributed by atoms with E-state index in [0.717, 1.165) is 5.56 Å². The first kappa shape index (κ1) is 15.2. The zero-order chi connectivity index (χ0) is 13.3. The predicted molar refractivity (Wildman–Crippen MR) is 66.7 cm³/mol. The Labute approximate surface area is 102 Å². The van der Waals surface area contributed by atoms with Crippen LogP contribution in [-0.4, -0.2) is 19.0 Å². The zero-order valence-corrected chi connectivity index (χ0v) is 10.7. The third-order valence-corrected chi connectivity index (χ3v) is 1.92. The van der Waals surface area contributed by atoms with Crippen LogP contribution in [0.3, 0.4) is 0 Å². The van der Waals surface area contributed by atoms with Gasteiger partial charge in [0.25, 0.3) is 0 Å². The summed E-state index contributed by atoms with van der Waals surface area (Å²) < 4.78 is 4.57. The Hall–Kier alpha value is -1.84. The number of amides is 1. The van der Waals surface area contributed by atoms with E-state index in [1.165, 1.54) is 14.0 Å². The molecule has 0 bridgehead atoms. The number of esters is 1. The van der Waals surface area contributed by atoms with Crippen molar-refractivity contribution in [3.63, 3.8) is 0 Å². The van der Waals surface area contributed by atoms with Crippen molar-refractivity contribution < 1.29 is 14.3 Å². The first-order valence-corrected chi connectivity index (χ1v) is 5.55. The Kier molecular flexibility index (Phi) is 7.43. The second-order valence-electron chi connectivity index (χ2n) is 3.10. The summed E-state index contributed by atoms with van der Waals surface area (Å²) in [6.45, 7) is 5.93. The van der Waals surface area contributed by atoms with Crippen molar-refractivity contribution in [2.45, 2.75) is 27.3 Å². The Morgan fingerprint density at radius 2 is 1.71 bits per heavy atom. The van der Waals surface area contributed by atoms with Crippen LogP contribution in [0.5, 0.6) is 0 Å². The topological polar surface area (TPSA) is 55.4 Å². The van der Waals surface area contributed by atoms with E-state index in [4.69, 9.17) is 0 Å². The summed E-state index contributed by atoms with van der Waals surface area (Å²) in [5, 5.41) is 2.67. The molecule has 0 fully saturated rings. The number of carbonyl (C=O) groups is 2. The van der Waals surface area contributed by atoms with E-state index < -0.39 is 0 Å². The Morgan fingerprint density at radius 3 is 2.12 bits per heavy atom. The van der Waals surface area contributed by atoms with Crippen molar-refractivity contribution >= 4 is 11.9 Å². The standard InChI is InChI=1S/C11H13NO3.C2H6/c1-8(13)12-7-9-3-5-10(6-4-9)11(14)15-2;1-2/h3-6H,7H2,1-2H3,(H,12,13);1-2H3. The highest BCUT2D eigenvalue weighted by Gasteiger charge is 2.03. The van der Waals surface area contributed by atoms with E-state index in [1.54, 1.807) is 24.3 Å². The van der Waals surface area contributed by atoms with Gasteiger partial charge in [0.2, 0.25) is 5.91 Å². The molecule has 4 nitrogen and oxygen atoms in total. The van der Waals surface area contributed by atoms with Gasteiger partial charge in [0.1, 0.15) is 0 Å². The van der Waals surface area contributed by atoms with Crippen molar-refractivity contribution in [2.24, 2.45) is 0 Å². The van der Waals surface area contributed by atoms with E-state index in [0.29, 0.717) is 12.1 Å². The number of hydrogen-bond acceptors (Lipinski definition) is 3. The molecule has 1 amide bonds. The molecule has 0 aliphatic rings. The van der Waals surface area contributed by atoms with E-state index in [-0.39, 0.29) is 11.9 Å². The highest BCUT2D eigenvalue weighted by Crippen LogP contribution is 2.05. The summed E-state index contributed by atoms with van der Waals surface area (Å²) in [6, 6.07) is 6.90. The zero-order valence-electron chi connectivity index (χ0n) is 10.7. The van der Waals surface area contributed by atoms with Gasteiger partial charge in [0.15, 0.2) is 0 Å². The number of methoxy groups -OCH3 is 1. The Morgan fingerprint density at radius 1 is 1.18 bits per heavy atom. The van der Waals surface area contributed by atoms with Crippen LogP contribution in [-0.2, 0) is 16.1 Å². The molecule has 4 heteroatoms. The van der Waals surface area contributed by atoms with Crippen molar-refractivity contribution in [3.8, 4) is 0 Å². The molecule has 0 heterocycles. The SMILES string of the molecule is CC.COC(=O)c1ccc(CNC(C)=O)cc1. The molecule has 94 valence electrons. The lowest BCUT2D eigenvalue weighted by Crippen LogP contribution is -2.18. The highest BCUT2D eigenvalue weighted by molar-refractivity contribution is 5.89. The molecule has 0 aliphatic heterocycles. The van der Waals surface area contributed by atoms with Crippen molar-refractivity contribution in [1.29, 1.82) is 0 Å². The number of carbonyl (C=O) groups excluding carboxylic acids is 2. The molecule has 0 saturated heterocycles. The fourth-order valence-corrected chi connectivity index (χ4v) is 1.10. The second kappa shape index (κ2) is 8.33. The third-order valence-electron chi connectivity index (χ3n) is 1.92. The summed E-state index contributed by atoms with van der Waals surface area (Å²) in [7, 11) is 1.34. The van der Waals surface area contributed by atoms with Gasteiger partial charge in [-0.05, 0) is 17.7 Å². The Balaban J connectivity index is 0.00000121. The normalized spacial score (nSPS) is 8.71. The molecule has 0 spiro atoms. The first-order valence-electron chi connectivity index (χ1n) is 5.55. The molecule has 0 aromatic heterocycles. The molecule has 0 radical (unpaired) electrons. The van der Waals surface area contributed by atoms with Crippen molar-refractivity contribution in [2.75, 3.05) is 7.11 Å². The van der Waals surface area contributed by atoms with Crippen LogP contribution in [0, 0.1) is 0 Å². The van der Waals surface area contributed by atoms with E-state index in [9.17, 15) is 9.59 Å². The fourth-order valence-electron chi connectivity index (χ4n) is 1.10. The van der Waals surface area contributed by atoms with Crippen LogP contribution >= 0.6 is 0 Å². The minimum absolute atomic E-state index is 0.0768. The van der Waals surface area contributed by atoms with Crippen LogP contribution in [0.2, 0.25) is 0 Å². The fraction of sp³-hybridized carbons (Fsp3) is 0.385. The molecule has 1 rings (SSSR count). The lowest BCUT2D eigenvalue weighted by atomic mass is 10.1. The van der Waals surface area contributed by atoms with Gasteiger partial charge in [0.05, 0.1) is 12.7 Å². The van der Waals surface area contributed by atoms with Gasteiger partial charge < -0.3 is 10.1 Å². The monoisotopic (exact) mass is 237 g/mol. The van der Waals surface area contributed by atoms with Gasteiger partial charge in [-0.3, -0.25) is 4.79 Å². The second-order valence-corrected chi connectivity index (χ2v) is 3.10. The van der Waals surface area contributed by atoms with E-state index in [1.807, 2.05) is 13.8 Å². The quantitative estimate of drug-likeness (QED) is 0.819. The molecule has 1 aromatic rings. The molecule has 0 unspecified atom stereocenters. The van der Waals surface area contributed by atoms with Crippen LogP contribution in [0.15, 0.2) is 24.3 Å². The maximum Gasteiger partial charge on any atom is 0.337 e. The van der Waals surface area contributed by atoms with Gasteiger partial charge in [-0.1, -0.05) is 26.0 Å². The first-order chi connectivity index (χ1) is 8.13. The summed E-state index contributed by atoms with van der Waals surface area (Å²) in [4.78, 5) is 21.8. The molecule has 0 aliphatic carbocycles. The van der Waals surface area contributed by atoms with Crippen LogP contribution in [0.1, 0.15) is 36.7 Å². The van der Waals surface area contributed by atoms with Gasteiger partial charge in [-0.25, -0.2) is 4.79 Å². The molecular weight excluding hydrogens is 218 g/mol. The van der Waals surface area contributed by atoms with Gasteiger partial charge >= 0.3 is 5.97 Å². The maximum atomic E-state index is 11.1. The van der Waals surface area contributed by atoms with Gasteiger partial charge in [-0.2, -0.15) is 0 Å². The molecule has 17 heavy (non-hydrogen) atoms.